The van der Waals surface area contributed by atoms with E-state index in [-0.39, 0.29) is 0 Å². The number of halogens is 2. The highest BCUT2D eigenvalue weighted by atomic mass is 35.5. The summed E-state index contributed by atoms with van der Waals surface area (Å²) in [6, 6.07) is 5.19. The standard InChI is InChI=1S/C16H21Cl2N3O/c1-3-5-15-16(14(4-2)20-21(15)7-6-19)22-13-9-11(17)8-12(18)10-13/h8-10H,3-7,19H2,1-2H3. The molecule has 0 saturated carbocycles. The van der Waals surface area contributed by atoms with Gasteiger partial charge in [-0.05, 0) is 31.0 Å². The van der Waals surface area contributed by atoms with E-state index in [9.17, 15) is 0 Å². The van der Waals surface area contributed by atoms with E-state index in [1.165, 1.54) is 0 Å². The summed E-state index contributed by atoms with van der Waals surface area (Å²) in [6.45, 7) is 5.42. The van der Waals surface area contributed by atoms with Crippen LogP contribution in [0.5, 0.6) is 11.5 Å². The van der Waals surface area contributed by atoms with Gasteiger partial charge in [-0.1, -0.05) is 43.5 Å². The van der Waals surface area contributed by atoms with Crippen molar-refractivity contribution in [1.82, 2.24) is 9.78 Å². The average molecular weight is 342 g/mol. The minimum Gasteiger partial charge on any atom is -0.453 e. The van der Waals surface area contributed by atoms with Crippen molar-refractivity contribution < 1.29 is 4.74 Å². The van der Waals surface area contributed by atoms with Crippen LogP contribution in [0.3, 0.4) is 0 Å². The zero-order chi connectivity index (χ0) is 16.1. The van der Waals surface area contributed by atoms with Gasteiger partial charge in [0.2, 0.25) is 0 Å². The number of nitrogens with zero attached hydrogens (tertiary/aromatic N) is 2. The van der Waals surface area contributed by atoms with Gasteiger partial charge in [0.05, 0.1) is 12.2 Å². The first kappa shape index (κ1) is 17.1. The number of hydrogen-bond acceptors (Lipinski definition) is 3. The van der Waals surface area contributed by atoms with E-state index in [2.05, 4.69) is 18.9 Å². The van der Waals surface area contributed by atoms with Crippen molar-refractivity contribution in [3.8, 4) is 11.5 Å². The number of ether oxygens (including phenoxy) is 1. The van der Waals surface area contributed by atoms with Gasteiger partial charge in [-0.15, -0.1) is 0 Å². The smallest absolute Gasteiger partial charge is 0.171 e. The van der Waals surface area contributed by atoms with Crippen molar-refractivity contribution in [1.29, 1.82) is 0 Å². The van der Waals surface area contributed by atoms with Crippen LogP contribution in [0.1, 0.15) is 31.7 Å². The maximum absolute atomic E-state index is 6.08. The van der Waals surface area contributed by atoms with Gasteiger partial charge < -0.3 is 10.5 Å². The second-order valence-corrected chi connectivity index (χ2v) is 5.92. The molecule has 2 N–H and O–H groups in total. The predicted octanol–water partition coefficient (Wildman–Crippen LogP) is 4.46. The number of benzene rings is 1. The van der Waals surface area contributed by atoms with Gasteiger partial charge in [-0.3, -0.25) is 4.68 Å². The number of aryl methyl sites for hydroxylation is 1. The topological polar surface area (TPSA) is 53.1 Å². The lowest BCUT2D eigenvalue weighted by Gasteiger charge is -2.10. The van der Waals surface area contributed by atoms with Crippen molar-refractivity contribution in [2.75, 3.05) is 6.54 Å². The summed E-state index contributed by atoms with van der Waals surface area (Å²) in [5.74, 6) is 1.42. The molecule has 0 unspecified atom stereocenters. The van der Waals surface area contributed by atoms with Gasteiger partial charge >= 0.3 is 0 Å². The lowest BCUT2D eigenvalue weighted by molar-refractivity contribution is 0.466. The van der Waals surface area contributed by atoms with Gasteiger partial charge in [0.15, 0.2) is 5.75 Å². The van der Waals surface area contributed by atoms with E-state index in [0.717, 1.165) is 36.4 Å². The number of aromatic nitrogens is 2. The molecule has 1 aromatic carbocycles. The molecule has 6 heteroatoms. The molecule has 1 aromatic heterocycles. The molecular weight excluding hydrogens is 321 g/mol. The molecule has 0 atom stereocenters. The Morgan fingerprint density at radius 2 is 1.86 bits per heavy atom. The number of hydrogen-bond donors (Lipinski definition) is 1. The molecule has 22 heavy (non-hydrogen) atoms. The monoisotopic (exact) mass is 341 g/mol. The van der Waals surface area contributed by atoms with Crippen LogP contribution in [0.25, 0.3) is 0 Å². The normalized spacial score (nSPS) is 11.0. The van der Waals surface area contributed by atoms with Gasteiger partial charge in [0.25, 0.3) is 0 Å². The lowest BCUT2D eigenvalue weighted by atomic mass is 10.2. The minimum absolute atomic E-state index is 0.546. The molecule has 4 nitrogen and oxygen atoms in total. The molecule has 0 saturated heterocycles. The SMILES string of the molecule is CCCc1c(Oc2cc(Cl)cc(Cl)c2)c(CC)nn1CCN. The second-order valence-electron chi connectivity index (χ2n) is 5.05. The van der Waals surface area contributed by atoms with E-state index >= 15 is 0 Å². The Kier molecular flexibility index (Phi) is 6.12. The molecule has 0 aliphatic carbocycles. The highest BCUT2D eigenvalue weighted by molar-refractivity contribution is 6.34. The van der Waals surface area contributed by atoms with Crippen LogP contribution in [-0.4, -0.2) is 16.3 Å². The Hall–Kier alpha value is -1.23. The van der Waals surface area contributed by atoms with E-state index in [1.54, 1.807) is 18.2 Å². The minimum atomic E-state index is 0.546. The fourth-order valence-corrected chi connectivity index (χ4v) is 2.88. The van der Waals surface area contributed by atoms with Crippen LogP contribution >= 0.6 is 23.2 Å². The first-order valence-corrected chi connectivity index (χ1v) is 8.27. The van der Waals surface area contributed by atoms with Crippen molar-refractivity contribution >= 4 is 23.2 Å². The maximum Gasteiger partial charge on any atom is 0.171 e. The summed E-state index contributed by atoms with van der Waals surface area (Å²) >= 11 is 12.1. The van der Waals surface area contributed by atoms with Gasteiger partial charge in [-0.25, -0.2) is 0 Å². The molecular formula is C16H21Cl2N3O. The molecule has 0 bridgehead atoms. The molecule has 0 aliphatic rings. The Morgan fingerprint density at radius 1 is 1.18 bits per heavy atom. The van der Waals surface area contributed by atoms with E-state index < -0.39 is 0 Å². The van der Waals surface area contributed by atoms with Gasteiger partial charge in [-0.2, -0.15) is 5.10 Å². The third-order valence-corrected chi connectivity index (χ3v) is 3.73. The van der Waals surface area contributed by atoms with Crippen LogP contribution in [0.4, 0.5) is 0 Å². The van der Waals surface area contributed by atoms with E-state index in [1.807, 2.05) is 4.68 Å². The third kappa shape index (κ3) is 3.94. The Labute approximate surface area is 141 Å². The van der Waals surface area contributed by atoms with Crippen LogP contribution in [-0.2, 0) is 19.4 Å². The van der Waals surface area contributed by atoms with Crippen LogP contribution in [0.2, 0.25) is 10.0 Å². The van der Waals surface area contributed by atoms with E-state index in [0.29, 0.717) is 28.9 Å². The van der Waals surface area contributed by atoms with Gasteiger partial charge in [0, 0.05) is 16.6 Å². The highest BCUT2D eigenvalue weighted by Crippen LogP contribution is 2.33. The summed E-state index contributed by atoms with van der Waals surface area (Å²) in [4.78, 5) is 0. The predicted molar refractivity (Wildman–Crippen MR) is 91.2 cm³/mol. The Bertz CT molecular complexity index is 620. The molecule has 0 spiro atoms. The van der Waals surface area contributed by atoms with Crippen LogP contribution in [0, 0.1) is 0 Å². The average Bonchev–Trinajstić information content (AvgIpc) is 2.77. The summed E-state index contributed by atoms with van der Waals surface area (Å²) in [7, 11) is 0. The van der Waals surface area contributed by atoms with Crippen molar-refractivity contribution in [3.05, 3.63) is 39.6 Å². The molecule has 2 aromatic rings. The Balaban J connectivity index is 2.42. The van der Waals surface area contributed by atoms with Gasteiger partial charge in [0.1, 0.15) is 11.4 Å². The molecule has 120 valence electrons. The first-order chi connectivity index (χ1) is 10.6. The second kappa shape index (κ2) is 7.86. The molecule has 0 aliphatic heterocycles. The van der Waals surface area contributed by atoms with E-state index in [4.69, 9.17) is 33.7 Å². The summed E-state index contributed by atoms with van der Waals surface area (Å²) in [5.41, 5.74) is 7.68. The number of nitrogens with two attached hydrogens (primary N) is 1. The molecule has 1 heterocycles. The quantitative estimate of drug-likeness (QED) is 0.808. The third-order valence-electron chi connectivity index (χ3n) is 3.30. The van der Waals surface area contributed by atoms with Crippen LogP contribution < -0.4 is 10.5 Å². The molecule has 0 amide bonds. The molecule has 0 fully saturated rings. The lowest BCUT2D eigenvalue weighted by Crippen LogP contribution is -2.13. The number of rotatable bonds is 7. The zero-order valence-corrected chi connectivity index (χ0v) is 14.4. The Morgan fingerprint density at radius 3 is 2.41 bits per heavy atom. The summed E-state index contributed by atoms with van der Waals surface area (Å²) in [5, 5.41) is 5.72. The van der Waals surface area contributed by atoms with Crippen molar-refractivity contribution in [2.45, 2.75) is 39.7 Å². The zero-order valence-electron chi connectivity index (χ0n) is 12.9. The van der Waals surface area contributed by atoms with Crippen molar-refractivity contribution in [2.24, 2.45) is 5.73 Å². The first-order valence-electron chi connectivity index (χ1n) is 7.51. The van der Waals surface area contributed by atoms with Crippen molar-refractivity contribution in [3.63, 3.8) is 0 Å². The summed E-state index contributed by atoms with van der Waals surface area (Å²) < 4.78 is 8.03. The largest absolute Gasteiger partial charge is 0.453 e. The maximum atomic E-state index is 6.08. The molecule has 2 rings (SSSR count). The molecule has 0 radical (unpaired) electrons. The van der Waals surface area contributed by atoms with Crippen LogP contribution in [0.15, 0.2) is 18.2 Å². The fraction of sp³-hybridized carbons (Fsp3) is 0.438. The summed E-state index contributed by atoms with van der Waals surface area (Å²) in [6.07, 6.45) is 2.68. The fourth-order valence-electron chi connectivity index (χ4n) is 2.38. The highest BCUT2D eigenvalue weighted by Gasteiger charge is 2.18.